The van der Waals surface area contributed by atoms with Crippen molar-refractivity contribution < 1.29 is 35.9 Å². The molecule has 4 rings (SSSR count). The number of sulfonamides is 1. The Kier molecular flexibility index (Phi) is 6.40. The first-order chi connectivity index (χ1) is 17.7. The van der Waals surface area contributed by atoms with E-state index in [1.165, 1.54) is 43.0 Å². The molecule has 0 unspecified atom stereocenters. The van der Waals surface area contributed by atoms with E-state index in [4.69, 9.17) is 4.74 Å². The van der Waals surface area contributed by atoms with E-state index in [2.05, 4.69) is 5.32 Å². The van der Waals surface area contributed by atoms with Gasteiger partial charge in [-0.25, -0.2) is 17.8 Å². The van der Waals surface area contributed by atoms with Gasteiger partial charge in [-0.2, -0.15) is 17.9 Å². The molecule has 2 amide bonds. The molecule has 0 fully saturated rings. The minimum absolute atomic E-state index is 0.0574. The van der Waals surface area contributed by atoms with Crippen LogP contribution < -0.4 is 31.3 Å². The third-order valence-electron chi connectivity index (χ3n) is 5.59. The van der Waals surface area contributed by atoms with Crippen LogP contribution in [0.15, 0.2) is 63.0 Å². The number of amides is 2. The molecular formula is C22H18F3N5O7S. The Morgan fingerprint density at radius 1 is 1.03 bits per heavy atom. The normalized spacial score (nSPS) is 17.0. The largest absolute Gasteiger partial charge is 0.497 e. The Morgan fingerprint density at radius 2 is 1.63 bits per heavy atom. The number of rotatable bonds is 6. The molecule has 0 saturated carbocycles. The molecule has 0 saturated heterocycles. The molecule has 4 N–H and O–H groups in total. The predicted octanol–water partition coefficient (Wildman–Crippen LogP) is 1.18. The number of benzene rings is 2. The van der Waals surface area contributed by atoms with Crippen LogP contribution in [0.3, 0.4) is 0 Å². The number of hydrogen-bond acceptors (Lipinski definition) is 7. The first kappa shape index (κ1) is 26.6. The van der Waals surface area contributed by atoms with E-state index in [1.807, 2.05) is 5.32 Å². The number of halogens is 3. The number of carbonyl (C=O) groups is 2. The number of alkyl halides is 3. The van der Waals surface area contributed by atoms with Crippen LogP contribution in [0, 0.1) is 0 Å². The fourth-order valence-corrected chi connectivity index (χ4v) is 5.23. The lowest BCUT2D eigenvalue weighted by molar-refractivity contribution is -0.194. The number of carbonyl (C=O) groups excluding carboxylic acids is 2. The molecule has 2 heterocycles. The average molecular weight is 553 g/mol. The molecule has 16 heteroatoms. The number of H-pyrrole nitrogens is 1. The van der Waals surface area contributed by atoms with Crippen molar-refractivity contribution in [2.24, 2.45) is 0 Å². The smallest absolute Gasteiger partial charge is 0.421 e. The van der Waals surface area contributed by atoms with Crippen LogP contribution in [0.1, 0.15) is 12.5 Å². The summed E-state index contributed by atoms with van der Waals surface area (Å²) in [5, 5.41) is 4.22. The van der Waals surface area contributed by atoms with Gasteiger partial charge in [0.15, 0.2) is 0 Å². The molecule has 0 aliphatic carbocycles. The standard InChI is InChI=1S/C22H18F3N5O7S/c1-11(31)26-12-3-9-15(10-4-12)38(35,36)29-21(22(23,24)25)16-17(27-19(21)33)30(20(34)28-18(16)32)13-5-7-14(37-2)8-6-13/h3-10,29H,1-2H3,(H,26,31)(H,27,33)(H,28,32,34)/t21-/m1/s1. The maximum atomic E-state index is 14.6. The van der Waals surface area contributed by atoms with Crippen molar-refractivity contribution in [2.75, 3.05) is 17.7 Å². The fraction of sp³-hybridized carbons (Fsp3) is 0.182. The van der Waals surface area contributed by atoms with Gasteiger partial charge in [0.05, 0.1) is 23.3 Å². The van der Waals surface area contributed by atoms with Gasteiger partial charge in [0.1, 0.15) is 11.6 Å². The van der Waals surface area contributed by atoms with Gasteiger partial charge >= 0.3 is 11.9 Å². The van der Waals surface area contributed by atoms with Crippen LogP contribution in [0.25, 0.3) is 5.69 Å². The van der Waals surface area contributed by atoms with Gasteiger partial charge < -0.3 is 15.4 Å². The molecule has 1 aliphatic heterocycles. The minimum Gasteiger partial charge on any atom is -0.497 e. The quantitative estimate of drug-likeness (QED) is 0.355. The molecule has 0 spiro atoms. The van der Waals surface area contributed by atoms with Crippen LogP contribution in [-0.4, -0.2) is 43.1 Å². The number of fused-ring (bicyclic) bond motifs is 1. The number of ether oxygens (including phenoxy) is 1. The van der Waals surface area contributed by atoms with Gasteiger partial charge in [-0.3, -0.25) is 19.4 Å². The van der Waals surface area contributed by atoms with E-state index in [-0.39, 0.29) is 11.4 Å². The molecule has 3 aromatic rings. The number of aromatic nitrogens is 2. The molecule has 1 atom stereocenters. The molecule has 38 heavy (non-hydrogen) atoms. The van der Waals surface area contributed by atoms with Crippen molar-refractivity contribution in [3.8, 4) is 11.4 Å². The monoisotopic (exact) mass is 553 g/mol. The number of methoxy groups -OCH3 is 1. The summed E-state index contributed by atoms with van der Waals surface area (Å²) < 4.78 is 76.9. The van der Waals surface area contributed by atoms with Crippen LogP contribution in [0.4, 0.5) is 24.7 Å². The number of nitrogens with one attached hydrogen (secondary N) is 4. The maximum Gasteiger partial charge on any atom is 0.421 e. The fourth-order valence-electron chi connectivity index (χ4n) is 3.90. The summed E-state index contributed by atoms with van der Waals surface area (Å²) in [5.41, 5.74) is -8.18. The highest BCUT2D eigenvalue weighted by molar-refractivity contribution is 7.89. The molecular weight excluding hydrogens is 535 g/mol. The van der Waals surface area contributed by atoms with Crippen LogP contribution in [0.2, 0.25) is 0 Å². The van der Waals surface area contributed by atoms with E-state index in [0.29, 0.717) is 10.3 Å². The molecule has 0 radical (unpaired) electrons. The second kappa shape index (κ2) is 9.14. The van der Waals surface area contributed by atoms with E-state index >= 15 is 0 Å². The number of hydrogen-bond donors (Lipinski definition) is 4. The summed E-state index contributed by atoms with van der Waals surface area (Å²) in [7, 11) is -3.76. The van der Waals surface area contributed by atoms with Gasteiger partial charge in [0.25, 0.3) is 11.5 Å². The SMILES string of the molecule is COc1ccc(-n2c3c(c(=O)[nH]c2=O)[C@](NS(=O)(=O)c2ccc(NC(C)=O)cc2)(C(F)(F)F)C(=O)N3)cc1. The Labute approximate surface area is 211 Å². The van der Waals surface area contributed by atoms with Gasteiger partial charge in [-0.15, -0.1) is 0 Å². The number of anilines is 2. The van der Waals surface area contributed by atoms with Crippen LogP contribution >= 0.6 is 0 Å². The Balaban J connectivity index is 1.91. The first-order valence-electron chi connectivity index (χ1n) is 10.6. The summed E-state index contributed by atoms with van der Waals surface area (Å²) in [6.07, 6.45) is -5.68. The van der Waals surface area contributed by atoms with Gasteiger partial charge in [0.2, 0.25) is 21.5 Å². The highest BCUT2D eigenvalue weighted by atomic mass is 32.2. The van der Waals surface area contributed by atoms with Crippen molar-refractivity contribution in [1.29, 1.82) is 0 Å². The van der Waals surface area contributed by atoms with Crippen molar-refractivity contribution in [3.05, 3.63) is 74.9 Å². The molecule has 1 aromatic heterocycles. The molecule has 0 bridgehead atoms. The third kappa shape index (κ3) is 4.32. The van der Waals surface area contributed by atoms with E-state index in [1.54, 1.807) is 4.98 Å². The van der Waals surface area contributed by atoms with Gasteiger partial charge in [-0.05, 0) is 48.5 Å². The second-order valence-electron chi connectivity index (χ2n) is 8.03. The lowest BCUT2D eigenvalue weighted by Gasteiger charge is -2.29. The lowest BCUT2D eigenvalue weighted by Crippen LogP contribution is -2.61. The highest BCUT2D eigenvalue weighted by Gasteiger charge is 2.69. The molecule has 12 nitrogen and oxygen atoms in total. The number of aromatic amines is 1. The summed E-state index contributed by atoms with van der Waals surface area (Å²) in [5.74, 6) is -2.95. The molecule has 200 valence electrons. The summed E-state index contributed by atoms with van der Waals surface area (Å²) in [4.78, 5) is 50.5. The summed E-state index contributed by atoms with van der Waals surface area (Å²) in [6, 6.07) is 9.33. The van der Waals surface area contributed by atoms with Crippen molar-refractivity contribution in [1.82, 2.24) is 14.3 Å². The summed E-state index contributed by atoms with van der Waals surface area (Å²) in [6.45, 7) is 1.19. The van der Waals surface area contributed by atoms with E-state index < -0.39 is 61.1 Å². The average Bonchev–Trinajstić information content (AvgIpc) is 3.12. The Morgan fingerprint density at radius 3 is 2.16 bits per heavy atom. The Hall–Kier alpha value is -4.44. The van der Waals surface area contributed by atoms with Gasteiger partial charge in [-0.1, -0.05) is 0 Å². The first-order valence-corrected chi connectivity index (χ1v) is 12.0. The van der Waals surface area contributed by atoms with E-state index in [0.717, 1.165) is 24.3 Å². The zero-order chi connectivity index (χ0) is 28.0. The lowest BCUT2D eigenvalue weighted by atomic mass is 9.93. The van der Waals surface area contributed by atoms with Crippen LogP contribution in [0.5, 0.6) is 5.75 Å². The topological polar surface area (TPSA) is 168 Å². The molecule has 1 aliphatic rings. The third-order valence-corrected chi connectivity index (χ3v) is 7.05. The van der Waals surface area contributed by atoms with Crippen molar-refractivity contribution in [2.45, 2.75) is 23.5 Å². The molecule has 2 aromatic carbocycles. The maximum absolute atomic E-state index is 14.6. The van der Waals surface area contributed by atoms with Crippen LogP contribution in [-0.2, 0) is 25.2 Å². The van der Waals surface area contributed by atoms with Gasteiger partial charge in [0, 0.05) is 12.6 Å². The summed E-state index contributed by atoms with van der Waals surface area (Å²) >= 11 is 0. The van der Waals surface area contributed by atoms with E-state index in [9.17, 15) is 40.8 Å². The zero-order valence-electron chi connectivity index (χ0n) is 19.5. The van der Waals surface area contributed by atoms with Crippen molar-refractivity contribution >= 4 is 33.3 Å². The van der Waals surface area contributed by atoms with Crippen molar-refractivity contribution in [3.63, 3.8) is 0 Å². The number of nitrogens with zero attached hydrogens (tertiary/aromatic N) is 1. The Bertz CT molecular complexity index is 1660. The second-order valence-corrected chi connectivity index (χ2v) is 9.71. The highest BCUT2D eigenvalue weighted by Crippen LogP contribution is 2.46. The zero-order valence-corrected chi connectivity index (χ0v) is 20.3. The minimum atomic E-state index is -5.68. The predicted molar refractivity (Wildman–Crippen MR) is 127 cm³/mol.